The lowest BCUT2D eigenvalue weighted by Crippen LogP contribution is -2.63. The Hall–Kier alpha value is -3.92. The monoisotopic (exact) mass is 499 g/mol. The zero-order chi connectivity index (χ0) is 26.2. The van der Waals surface area contributed by atoms with E-state index in [2.05, 4.69) is 6.07 Å². The van der Waals surface area contributed by atoms with Crippen LogP contribution in [0, 0.1) is 6.07 Å². The Kier molecular flexibility index (Phi) is 9.02. The van der Waals surface area contributed by atoms with Crippen LogP contribution in [-0.2, 0) is 42.9 Å². The van der Waals surface area contributed by atoms with E-state index in [0.717, 1.165) is 25.0 Å². The van der Waals surface area contributed by atoms with Crippen LogP contribution in [0.5, 0.6) is 5.75 Å². The molecule has 0 spiro atoms. The van der Waals surface area contributed by atoms with Crippen molar-refractivity contribution in [2.24, 2.45) is 0 Å². The molecule has 1 fully saturated rings. The van der Waals surface area contributed by atoms with Gasteiger partial charge in [-0.1, -0.05) is 36.4 Å². The summed E-state index contributed by atoms with van der Waals surface area (Å²) in [7, 11) is 0. The fraction of sp³-hybridized carbons (Fsp3) is 0.385. The van der Waals surface area contributed by atoms with Crippen LogP contribution in [0.2, 0.25) is 0 Å². The highest BCUT2D eigenvalue weighted by atomic mass is 16.7. The van der Waals surface area contributed by atoms with E-state index in [-0.39, 0.29) is 6.61 Å². The highest BCUT2D eigenvalue weighted by Crippen LogP contribution is 2.31. The molecule has 1 aliphatic rings. The molecule has 0 aromatic heterocycles. The van der Waals surface area contributed by atoms with Crippen molar-refractivity contribution in [3.63, 3.8) is 0 Å². The number of hydrogen-bond donors (Lipinski definition) is 0. The molecule has 0 unspecified atom stereocenters. The minimum absolute atomic E-state index is 0.332. The van der Waals surface area contributed by atoms with E-state index < -0.39 is 54.6 Å². The van der Waals surface area contributed by atoms with Crippen molar-refractivity contribution in [2.45, 2.75) is 58.4 Å². The Labute approximate surface area is 208 Å². The molecule has 1 saturated heterocycles. The maximum Gasteiger partial charge on any atom is 0.303 e. The highest BCUT2D eigenvalue weighted by molar-refractivity contribution is 5.69. The van der Waals surface area contributed by atoms with Crippen molar-refractivity contribution >= 4 is 23.9 Å². The predicted molar refractivity (Wildman–Crippen MR) is 123 cm³/mol. The number of hydrogen-bond acceptors (Lipinski definition) is 10. The van der Waals surface area contributed by atoms with Gasteiger partial charge in [-0.2, -0.15) is 0 Å². The number of ether oxygens (including phenoxy) is 6. The molecule has 0 bridgehead atoms. The minimum Gasteiger partial charge on any atom is -0.463 e. The second kappa shape index (κ2) is 12.2. The first-order valence-corrected chi connectivity index (χ1v) is 11.2. The Morgan fingerprint density at radius 1 is 0.722 bits per heavy atom. The van der Waals surface area contributed by atoms with Gasteiger partial charge in [0.05, 0.1) is 0 Å². The quantitative estimate of drug-likeness (QED) is 0.395. The first-order valence-electron chi connectivity index (χ1n) is 11.2. The molecule has 0 aliphatic carbocycles. The van der Waals surface area contributed by atoms with E-state index >= 15 is 0 Å². The highest BCUT2D eigenvalue weighted by Gasteiger charge is 2.53. The van der Waals surface area contributed by atoms with E-state index in [1.165, 1.54) is 13.8 Å². The van der Waals surface area contributed by atoms with Crippen LogP contribution >= 0.6 is 0 Å². The lowest BCUT2D eigenvalue weighted by Gasteiger charge is -2.43. The summed E-state index contributed by atoms with van der Waals surface area (Å²) in [5.41, 5.74) is 1.91. The molecular formula is C26H27O10. The van der Waals surface area contributed by atoms with E-state index in [9.17, 15) is 19.2 Å². The number of carbonyl (C=O) groups excluding carboxylic acids is 4. The fourth-order valence-corrected chi connectivity index (χ4v) is 3.72. The molecule has 0 saturated carbocycles. The van der Waals surface area contributed by atoms with Crippen molar-refractivity contribution in [2.75, 3.05) is 6.61 Å². The second-order valence-electron chi connectivity index (χ2n) is 8.00. The summed E-state index contributed by atoms with van der Waals surface area (Å²) in [6.07, 6.45) is -6.21. The van der Waals surface area contributed by atoms with Gasteiger partial charge in [0.15, 0.2) is 12.2 Å². The predicted octanol–water partition coefficient (Wildman–Crippen LogP) is 2.62. The largest absolute Gasteiger partial charge is 0.463 e. The van der Waals surface area contributed by atoms with Crippen LogP contribution in [0.3, 0.4) is 0 Å². The first kappa shape index (κ1) is 26.7. The van der Waals surface area contributed by atoms with Gasteiger partial charge >= 0.3 is 23.9 Å². The molecule has 1 aliphatic heterocycles. The average Bonchev–Trinajstić information content (AvgIpc) is 2.82. The number of rotatable bonds is 8. The van der Waals surface area contributed by atoms with E-state index in [1.807, 2.05) is 24.3 Å². The van der Waals surface area contributed by atoms with Gasteiger partial charge in [0.2, 0.25) is 12.4 Å². The van der Waals surface area contributed by atoms with E-state index in [4.69, 9.17) is 28.4 Å². The normalized spacial score (nSPS) is 23.2. The zero-order valence-electron chi connectivity index (χ0n) is 20.3. The molecule has 36 heavy (non-hydrogen) atoms. The second-order valence-corrected chi connectivity index (χ2v) is 8.00. The van der Waals surface area contributed by atoms with Gasteiger partial charge in [0.1, 0.15) is 18.5 Å². The van der Waals surface area contributed by atoms with Crippen LogP contribution in [0.1, 0.15) is 27.7 Å². The van der Waals surface area contributed by atoms with Crippen molar-refractivity contribution in [1.29, 1.82) is 0 Å². The number of esters is 4. The first-order chi connectivity index (χ1) is 17.1. The Morgan fingerprint density at radius 3 is 1.81 bits per heavy atom. The maximum absolute atomic E-state index is 11.9. The molecule has 191 valence electrons. The molecule has 5 atom stereocenters. The molecule has 0 amide bonds. The third-order valence-corrected chi connectivity index (χ3v) is 5.11. The lowest BCUT2D eigenvalue weighted by atomic mass is 9.98. The summed E-state index contributed by atoms with van der Waals surface area (Å²) in [6, 6.07) is 17.4. The van der Waals surface area contributed by atoms with Gasteiger partial charge < -0.3 is 28.4 Å². The summed E-state index contributed by atoms with van der Waals surface area (Å²) in [4.78, 5) is 47.1. The fourth-order valence-electron chi connectivity index (χ4n) is 3.72. The summed E-state index contributed by atoms with van der Waals surface area (Å²) < 4.78 is 33.1. The Bertz CT molecular complexity index is 1070. The molecule has 10 nitrogen and oxygen atoms in total. The maximum atomic E-state index is 11.9. The summed E-state index contributed by atoms with van der Waals surface area (Å²) in [5.74, 6) is -2.36. The van der Waals surface area contributed by atoms with Crippen molar-refractivity contribution < 1.29 is 47.6 Å². The molecular weight excluding hydrogens is 472 g/mol. The van der Waals surface area contributed by atoms with E-state index in [1.54, 1.807) is 24.3 Å². The number of benzene rings is 2. The van der Waals surface area contributed by atoms with Crippen LogP contribution in [0.4, 0.5) is 0 Å². The van der Waals surface area contributed by atoms with Crippen molar-refractivity contribution in [1.82, 2.24) is 0 Å². The molecule has 1 radical (unpaired) electrons. The molecule has 3 rings (SSSR count). The summed E-state index contributed by atoms with van der Waals surface area (Å²) in [5, 5.41) is 0. The van der Waals surface area contributed by atoms with Crippen LogP contribution in [-0.4, -0.2) is 61.2 Å². The standard InChI is InChI=1S/C26H27O10/c1-15(27)31-14-22-23(32-16(2)28)24(33-17(3)29)25(34-18(4)30)26(36-22)35-21-12-10-20(11-13-21)19-8-6-5-7-9-19/h6-13,22-26H,14H2,1-4H3/t22-,23-,24+,25+,26-/m1/s1. The molecule has 2 aromatic rings. The van der Waals surface area contributed by atoms with Gasteiger partial charge in [-0.3, -0.25) is 19.2 Å². The van der Waals surface area contributed by atoms with Crippen LogP contribution in [0.15, 0.2) is 48.5 Å². The van der Waals surface area contributed by atoms with Crippen molar-refractivity contribution in [3.05, 3.63) is 54.6 Å². The van der Waals surface area contributed by atoms with Crippen LogP contribution in [0.25, 0.3) is 11.1 Å². The molecule has 1 heterocycles. The Morgan fingerprint density at radius 2 is 1.25 bits per heavy atom. The summed E-state index contributed by atoms with van der Waals surface area (Å²) >= 11 is 0. The number of carbonyl (C=O) groups is 4. The third-order valence-electron chi connectivity index (χ3n) is 5.11. The van der Waals surface area contributed by atoms with Gasteiger partial charge in [-0.15, -0.1) is 0 Å². The lowest BCUT2D eigenvalue weighted by molar-refractivity contribution is -0.288. The van der Waals surface area contributed by atoms with Crippen molar-refractivity contribution in [3.8, 4) is 16.9 Å². The SMILES string of the molecule is CC(=O)OC[C@H]1O[C@@H](Oc2ccc(-c3cc[c]cc3)cc2)[C@@H](OC(C)=O)[C@@H](OC(C)=O)[C@@H]1OC(C)=O. The molecule has 0 N–H and O–H groups in total. The third kappa shape index (κ3) is 7.29. The average molecular weight is 499 g/mol. The Balaban J connectivity index is 1.92. The van der Waals surface area contributed by atoms with Gasteiger partial charge in [0.25, 0.3) is 0 Å². The molecule has 2 aromatic carbocycles. The van der Waals surface area contributed by atoms with Gasteiger partial charge in [-0.25, -0.2) is 0 Å². The van der Waals surface area contributed by atoms with Gasteiger partial charge in [-0.05, 0) is 29.3 Å². The summed E-state index contributed by atoms with van der Waals surface area (Å²) in [6.45, 7) is 4.35. The van der Waals surface area contributed by atoms with Crippen LogP contribution < -0.4 is 4.74 Å². The molecule has 10 heteroatoms. The van der Waals surface area contributed by atoms with E-state index in [0.29, 0.717) is 5.75 Å². The minimum atomic E-state index is -1.30. The topological polar surface area (TPSA) is 124 Å². The smallest absolute Gasteiger partial charge is 0.303 e. The zero-order valence-corrected chi connectivity index (χ0v) is 20.3. The van der Waals surface area contributed by atoms with Gasteiger partial charge in [0, 0.05) is 27.7 Å².